The van der Waals surface area contributed by atoms with Gasteiger partial charge in [0.1, 0.15) is 18.1 Å². The topological polar surface area (TPSA) is 217 Å². The van der Waals surface area contributed by atoms with Crippen molar-refractivity contribution in [3.8, 4) is 0 Å². The molecule has 0 aliphatic carbocycles. The average molecular weight is 505 g/mol. The van der Waals surface area contributed by atoms with Crippen LogP contribution in [0.2, 0.25) is 0 Å². The molecule has 0 aromatic carbocycles. The minimum absolute atomic E-state index is 0.141. The van der Waals surface area contributed by atoms with Gasteiger partial charge in [-0.2, -0.15) is 24.4 Å². The number of aromatic nitrogens is 2. The van der Waals surface area contributed by atoms with Crippen LogP contribution >= 0.6 is 24.4 Å². The first-order chi connectivity index (χ1) is 15.6. The Morgan fingerprint density at radius 1 is 1.09 bits per heavy atom. The number of hydrogen-bond acceptors (Lipinski definition) is 9. The molecular weight excluding hydrogens is 476 g/mol. The first kappa shape index (κ1) is 28.3. The number of aliphatic carboxylic acids is 2. The van der Waals surface area contributed by atoms with Crippen molar-refractivity contribution in [1.29, 1.82) is 0 Å². The molecule has 8 N–H and O–H groups in total. The van der Waals surface area contributed by atoms with Gasteiger partial charge in [0.25, 0.3) is 0 Å². The maximum Gasteiger partial charge on any atom is 0.326 e. The number of thioether (sulfide) groups is 1. The van der Waals surface area contributed by atoms with Gasteiger partial charge in [0.15, 0.2) is 0 Å². The van der Waals surface area contributed by atoms with E-state index in [-0.39, 0.29) is 12.2 Å². The SMILES string of the molecule is CSCCC(N)C(=O)NC(CS)C(=O)NC(CC(=O)O)C(=O)NC(Cc1cnc[nH]1)C(=O)O. The highest BCUT2D eigenvalue weighted by Gasteiger charge is 2.31. The van der Waals surface area contributed by atoms with Crippen LogP contribution in [0.25, 0.3) is 0 Å². The average Bonchev–Trinajstić information content (AvgIpc) is 3.27. The second kappa shape index (κ2) is 14.4. The molecule has 1 aromatic heterocycles. The Balaban J connectivity index is 2.85. The number of hydrogen-bond donors (Lipinski definition) is 8. The Hall–Kier alpha value is -2.78. The van der Waals surface area contributed by atoms with E-state index in [1.54, 1.807) is 0 Å². The summed E-state index contributed by atoms with van der Waals surface area (Å²) in [5.41, 5.74) is 6.20. The Morgan fingerprint density at radius 3 is 2.21 bits per heavy atom. The van der Waals surface area contributed by atoms with Crippen molar-refractivity contribution in [1.82, 2.24) is 25.9 Å². The largest absolute Gasteiger partial charge is 0.481 e. The van der Waals surface area contributed by atoms with E-state index < -0.39 is 60.2 Å². The second-order valence-electron chi connectivity index (χ2n) is 6.97. The maximum atomic E-state index is 12.6. The highest BCUT2D eigenvalue weighted by molar-refractivity contribution is 7.98. The molecule has 0 radical (unpaired) electrons. The molecule has 0 saturated carbocycles. The molecule has 0 fully saturated rings. The van der Waals surface area contributed by atoms with E-state index in [0.717, 1.165) is 0 Å². The highest BCUT2D eigenvalue weighted by atomic mass is 32.2. The van der Waals surface area contributed by atoms with Crippen LogP contribution in [0.15, 0.2) is 12.5 Å². The number of H-pyrrole nitrogens is 1. The lowest BCUT2D eigenvalue weighted by Gasteiger charge is -2.23. The van der Waals surface area contributed by atoms with Crippen LogP contribution in [0.3, 0.4) is 0 Å². The quantitative estimate of drug-likeness (QED) is 0.123. The van der Waals surface area contributed by atoms with Gasteiger partial charge in [0, 0.05) is 24.1 Å². The molecule has 0 saturated heterocycles. The van der Waals surface area contributed by atoms with Gasteiger partial charge in [-0.3, -0.25) is 19.2 Å². The summed E-state index contributed by atoms with van der Waals surface area (Å²) in [7, 11) is 0. The van der Waals surface area contributed by atoms with Gasteiger partial charge in [-0.05, 0) is 18.4 Å². The van der Waals surface area contributed by atoms with Crippen LogP contribution in [-0.2, 0) is 30.4 Å². The third kappa shape index (κ3) is 10.1. The molecule has 0 spiro atoms. The Bertz CT molecular complexity index is 823. The van der Waals surface area contributed by atoms with Gasteiger partial charge in [0.05, 0.1) is 18.8 Å². The van der Waals surface area contributed by atoms with Crippen molar-refractivity contribution >= 4 is 54.1 Å². The van der Waals surface area contributed by atoms with Gasteiger partial charge in [-0.1, -0.05) is 0 Å². The van der Waals surface area contributed by atoms with E-state index in [0.29, 0.717) is 17.9 Å². The van der Waals surface area contributed by atoms with Gasteiger partial charge < -0.3 is 36.9 Å². The molecule has 1 heterocycles. The zero-order valence-electron chi connectivity index (χ0n) is 17.8. The summed E-state index contributed by atoms with van der Waals surface area (Å²) in [6.07, 6.45) is 3.99. The molecule has 4 unspecified atom stereocenters. The number of carboxylic acids is 2. The number of rotatable bonds is 15. The number of carboxylic acid groups (broad SMARTS) is 2. The maximum absolute atomic E-state index is 12.6. The van der Waals surface area contributed by atoms with Crippen molar-refractivity contribution in [3.05, 3.63) is 18.2 Å². The normalized spacial score (nSPS) is 14.4. The summed E-state index contributed by atoms with van der Waals surface area (Å²) < 4.78 is 0. The Kier molecular flexibility index (Phi) is 12.3. The molecule has 13 nitrogen and oxygen atoms in total. The van der Waals surface area contributed by atoms with Gasteiger partial charge in [0.2, 0.25) is 17.7 Å². The number of aromatic amines is 1. The summed E-state index contributed by atoms with van der Waals surface area (Å²) in [4.78, 5) is 66.6. The fourth-order valence-corrected chi connectivity index (χ4v) is 3.34. The summed E-state index contributed by atoms with van der Waals surface area (Å²) in [6, 6.07) is -5.04. The van der Waals surface area contributed by atoms with Crippen molar-refractivity contribution < 1.29 is 34.2 Å². The fraction of sp³-hybridized carbons (Fsp3) is 0.556. The van der Waals surface area contributed by atoms with Crippen molar-refractivity contribution in [2.24, 2.45) is 5.73 Å². The van der Waals surface area contributed by atoms with E-state index in [4.69, 9.17) is 10.8 Å². The number of carbonyl (C=O) groups is 5. The van der Waals surface area contributed by atoms with Crippen molar-refractivity contribution in [2.45, 2.75) is 43.4 Å². The first-order valence-corrected chi connectivity index (χ1v) is 11.8. The zero-order chi connectivity index (χ0) is 25.0. The Morgan fingerprint density at radius 2 is 1.70 bits per heavy atom. The number of amides is 3. The molecule has 1 aromatic rings. The van der Waals surface area contributed by atoms with Gasteiger partial charge in [-0.25, -0.2) is 9.78 Å². The molecule has 4 atom stereocenters. The third-order valence-electron chi connectivity index (χ3n) is 4.39. The van der Waals surface area contributed by atoms with E-state index in [1.165, 1.54) is 24.3 Å². The van der Waals surface area contributed by atoms with Crippen LogP contribution in [0.1, 0.15) is 18.5 Å². The standard InChI is InChI=1S/C18H28N6O7S2/c1-33-3-2-10(19)15(27)24-13(7-32)17(29)22-11(5-14(25)26)16(28)23-12(18(30)31)4-9-6-20-8-21-9/h6,8,10-13,32H,2-5,7,19H2,1H3,(H,20,21)(H,22,29)(H,23,28)(H,24,27)(H,25,26)(H,30,31). The number of nitrogens with one attached hydrogen (secondary N) is 4. The van der Waals surface area contributed by atoms with Crippen LogP contribution in [0.4, 0.5) is 0 Å². The monoisotopic (exact) mass is 504 g/mol. The predicted octanol–water partition coefficient (Wildman–Crippen LogP) is -2.02. The van der Waals surface area contributed by atoms with Crippen molar-refractivity contribution in [2.75, 3.05) is 17.8 Å². The van der Waals surface area contributed by atoms with Crippen LogP contribution in [0, 0.1) is 0 Å². The summed E-state index contributed by atoms with van der Waals surface area (Å²) in [5.74, 6) is -4.75. The second-order valence-corrected chi connectivity index (χ2v) is 8.32. The van der Waals surface area contributed by atoms with Gasteiger partial charge >= 0.3 is 11.9 Å². The lowest BCUT2D eigenvalue weighted by Crippen LogP contribution is -2.58. The molecule has 0 aliphatic heterocycles. The first-order valence-electron chi connectivity index (χ1n) is 9.77. The molecule has 0 aliphatic rings. The zero-order valence-corrected chi connectivity index (χ0v) is 19.5. The van der Waals surface area contributed by atoms with E-state index in [9.17, 15) is 29.1 Å². The predicted molar refractivity (Wildman–Crippen MR) is 123 cm³/mol. The summed E-state index contributed by atoms with van der Waals surface area (Å²) in [5, 5.41) is 25.4. The molecule has 0 bridgehead atoms. The van der Waals surface area contributed by atoms with Crippen LogP contribution in [0.5, 0.6) is 0 Å². The molecule has 1 rings (SSSR count). The highest BCUT2D eigenvalue weighted by Crippen LogP contribution is 2.03. The number of nitrogens with zero attached hydrogens (tertiary/aromatic N) is 1. The molecule has 184 valence electrons. The number of nitrogens with two attached hydrogens (primary N) is 1. The lowest BCUT2D eigenvalue weighted by atomic mass is 10.1. The fourth-order valence-electron chi connectivity index (χ4n) is 2.59. The molecule has 33 heavy (non-hydrogen) atoms. The molecule has 3 amide bonds. The van der Waals surface area contributed by atoms with E-state index in [2.05, 4.69) is 38.5 Å². The Labute approximate surface area is 199 Å². The minimum Gasteiger partial charge on any atom is -0.481 e. The third-order valence-corrected chi connectivity index (χ3v) is 5.40. The van der Waals surface area contributed by atoms with E-state index in [1.807, 2.05) is 6.26 Å². The lowest BCUT2D eigenvalue weighted by molar-refractivity contribution is -0.143. The van der Waals surface area contributed by atoms with Crippen molar-refractivity contribution in [3.63, 3.8) is 0 Å². The van der Waals surface area contributed by atoms with Crippen LogP contribution < -0.4 is 21.7 Å². The molecular formula is C18H28N6O7S2. The number of carbonyl (C=O) groups excluding carboxylic acids is 3. The smallest absolute Gasteiger partial charge is 0.326 e. The van der Waals surface area contributed by atoms with Gasteiger partial charge in [-0.15, -0.1) is 0 Å². The number of thiol groups is 1. The number of imidazole rings is 1. The van der Waals surface area contributed by atoms with Crippen LogP contribution in [-0.4, -0.2) is 91.8 Å². The minimum atomic E-state index is -1.59. The summed E-state index contributed by atoms with van der Waals surface area (Å²) in [6.45, 7) is 0. The van der Waals surface area contributed by atoms with E-state index >= 15 is 0 Å². The molecule has 15 heteroatoms. The summed E-state index contributed by atoms with van der Waals surface area (Å²) >= 11 is 5.52.